The SMILES string of the molecule is [13CH2]=[13C](OP(=O)(O)O)C(=O)O.[K]. The molecule has 0 aliphatic carbocycles. The Bertz CT molecular complexity index is 206. The third kappa shape index (κ3) is 8.70. The average molecular weight is 209 g/mol. The van der Waals surface area contributed by atoms with Crippen LogP contribution in [0.2, 0.25) is 0 Å². The first kappa shape index (κ1) is 14.3. The molecule has 0 saturated heterocycles. The van der Waals surface area contributed by atoms with Gasteiger partial charge in [-0.15, -0.1) is 0 Å². The smallest absolute Gasteiger partial charge is 0.475 e. The van der Waals surface area contributed by atoms with Gasteiger partial charge in [-0.1, -0.05) is 0 Å². The van der Waals surface area contributed by atoms with Crippen LogP contribution >= 0.6 is 7.82 Å². The van der Waals surface area contributed by atoms with Gasteiger partial charge < -0.3 is 9.63 Å². The van der Waals surface area contributed by atoms with Gasteiger partial charge in [0.2, 0.25) is 5.76 Å². The van der Waals surface area contributed by atoms with Crippen molar-refractivity contribution in [1.82, 2.24) is 0 Å². The van der Waals surface area contributed by atoms with Crippen molar-refractivity contribution in [2.24, 2.45) is 0 Å². The fraction of sp³-hybridized carbons (Fsp3) is 0. The Kier molecular flexibility index (Phi) is 7.09. The molecule has 0 amide bonds. The van der Waals surface area contributed by atoms with Crippen LogP contribution < -0.4 is 0 Å². The number of phosphoric acid groups is 1. The Morgan fingerprint density at radius 1 is 1.45 bits per heavy atom. The van der Waals surface area contributed by atoms with Crippen molar-refractivity contribution in [3.8, 4) is 0 Å². The molecular formula is C3H5KO6P. The monoisotopic (exact) mass is 209 g/mol. The summed E-state index contributed by atoms with van der Waals surface area (Å²) >= 11 is 0. The number of carbonyl (C=O) groups is 1. The van der Waals surface area contributed by atoms with Gasteiger partial charge in [0.15, 0.2) is 0 Å². The Labute approximate surface area is 105 Å². The topological polar surface area (TPSA) is 104 Å². The second-order valence-electron chi connectivity index (χ2n) is 1.31. The van der Waals surface area contributed by atoms with E-state index in [2.05, 4.69) is 11.1 Å². The minimum absolute atomic E-state index is 0. The predicted octanol–water partition coefficient (Wildman–Crippen LogP) is -0.687. The zero-order valence-electron chi connectivity index (χ0n) is 5.72. The van der Waals surface area contributed by atoms with Gasteiger partial charge in [0.05, 0.1) is 0 Å². The zero-order chi connectivity index (χ0) is 8.36. The first-order valence-corrected chi connectivity index (χ1v) is 3.53. The van der Waals surface area contributed by atoms with Gasteiger partial charge in [0, 0.05) is 51.4 Å². The van der Waals surface area contributed by atoms with Crippen LogP contribution in [0.25, 0.3) is 0 Å². The Balaban J connectivity index is 0. The molecule has 0 spiro atoms. The molecule has 0 bridgehead atoms. The number of rotatable bonds is 3. The molecule has 3 N–H and O–H groups in total. The number of carboxylic acid groups (broad SMARTS) is 1. The second-order valence-corrected chi connectivity index (χ2v) is 2.47. The number of aliphatic carboxylic acids is 1. The number of hydrogen-bond acceptors (Lipinski definition) is 3. The molecule has 59 valence electrons. The van der Waals surface area contributed by atoms with Gasteiger partial charge in [-0.25, -0.2) is 9.36 Å². The fourth-order valence-electron chi connectivity index (χ4n) is 0.183. The van der Waals surface area contributed by atoms with Crippen LogP contribution in [-0.2, 0) is 13.9 Å². The molecule has 0 rings (SSSR count). The summed E-state index contributed by atoms with van der Waals surface area (Å²) < 4.78 is 13.5. The van der Waals surface area contributed by atoms with Gasteiger partial charge in [0.1, 0.15) is 0 Å². The van der Waals surface area contributed by atoms with Crippen molar-refractivity contribution in [2.45, 2.75) is 0 Å². The van der Waals surface area contributed by atoms with E-state index in [4.69, 9.17) is 14.9 Å². The van der Waals surface area contributed by atoms with Crippen LogP contribution in [0.3, 0.4) is 0 Å². The summed E-state index contributed by atoms with van der Waals surface area (Å²) in [6, 6.07) is 0. The fourth-order valence-corrected chi connectivity index (χ4v) is 0.548. The number of hydrogen-bond donors (Lipinski definition) is 3. The van der Waals surface area contributed by atoms with Gasteiger partial charge in [-0.2, -0.15) is 0 Å². The summed E-state index contributed by atoms with van der Waals surface area (Å²) in [6.07, 6.45) is 0. The summed E-state index contributed by atoms with van der Waals surface area (Å²) in [5.41, 5.74) is 0. The van der Waals surface area contributed by atoms with Crippen LogP contribution in [0.4, 0.5) is 0 Å². The summed E-state index contributed by atoms with van der Waals surface area (Å²) in [7, 11) is -4.76. The van der Waals surface area contributed by atoms with E-state index in [-0.39, 0.29) is 51.4 Å². The zero-order valence-corrected chi connectivity index (χ0v) is 9.74. The molecule has 6 nitrogen and oxygen atoms in total. The van der Waals surface area contributed by atoms with Crippen LogP contribution in [0, 0.1) is 0 Å². The van der Waals surface area contributed by atoms with Crippen molar-refractivity contribution >= 4 is 65.2 Å². The van der Waals surface area contributed by atoms with E-state index in [1.54, 1.807) is 0 Å². The summed E-state index contributed by atoms with van der Waals surface area (Å²) in [5, 5.41) is 7.98. The van der Waals surface area contributed by atoms with Gasteiger partial charge in [-0.05, 0) is 6.58 Å². The Hall–Kier alpha value is 0.796. The molecule has 0 fully saturated rings. The summed E-state index contributed by atoms with van der Waals surface area (Å²) in [5.74, 6) is -2.59. The Morgan fingerprint density at radius 3 is 1.91 bits per heavy atom. The summed E-state index contributed by atoms with van der Waals surface area (Å²) in [4.78, 5) is 25.8. The molecule has 1 radical (unpaired) electrons. The van der Waals surface area contributed by atoms with Crippen molar-refractivity contribution in [2.75, 3.05) is 0 Å². The maximum Gasteiger partial charge on any atom is 0.525 e. The molecule has 0 atom stereocenters. The molecule has 0 saturated carbocycles. The quantitative estimate of drug-likeness (QED) is 0.187. The van der Waals surface area contributed by atoms with Gasteiger partial charge >= 0.3 is 13.8 Å². The van der Waals surface area contributed by atoms with E-state index in [0.29, 0.717) is 0 Å². The minimum Gasteiger partial charge on any atom is -0.475 e. The first-order chi connectivity index (χ1) is 4.33. The van der Waals surface area contributed by atoms with Crippen LogP contribution in [0.1, 0.15) is 0 Å². The largest absolute Gasteiger partial charge is 0.525 e. The molecule has 0 unspecified atom stereocenters. The van der Waals surface area contributed by atoms with Crippen LogP contribution in [0.15, 0.2) is 12.3 Å². The molecule has 11 heavy (non-hydrogen) atoms. The Morgan fingerprint density at radius 2 is 1.82 bits per heavy atom. The van der Waals surface area contributed by atoms with Crippen molar-refractivity contribution < 1.29 is 28.8 Å². The van der Waals surface area contributed by atoms with Crippen LogP contribution in [0.5, 0.6) is 0 Å². The third-order valence-corrected chi connectivity index (χ3v) is 0.926. The maximum absolute atomic E-state index is 9.89. The molecule has 0 aliphatic rings. The molecular weight excluding hydrogens is 204 g/mol. The van der Waals surface area contributed by atoms with Crippen molar-refractivity contribution in [1.29, 1.82) is 0 Å². The molecule has 0 aliphatic heterocycles. The van der Waals surface area contributed by atoms with Crippen molar-refractivity contribution in [3.05, 3.63) is 12.3 Å². The van der Waals surface area contributed by atoms with E-state index in [0.717, 1.165) is 0 Å². The van der Waals surface area contributed by atoms with Gasteiger partial charge in [0.25, 0.3) is 0 Å². The number of carboxylic acids is 1. The summed E-state index contributed by atoms with van der Waals surface area (Å²) in [6.45, 7) is 2.73. The first-order valence-electron chi connectivity index (χ1n) is 2.00. The van der Waals surface area contributed by atoms with Crippen molar-refractivity contribution in [3.63, 3.8) is 0 Å². The molecule has 0 aromatic rings. The second kappa shape index (κ2) is 5.44. The van der Waals surface area contributed by atoms with Gasteiger partial charge in [-0.3, -0.25) is 9.79 Å². The number of phosphoric ester groups is 1. The van der Waals surface area contributed by atoms with E-state index >= 15 is 0 Å². The predicted molar refractivity (Wildman–Crippen MR) is 35.7 cm³/mol. The standard InChI is InChI=1S/C3H5O6P.K/c1-2(3(4)5)9-10(6,7)8;/h1H2,(H,4,5)(H2,6,7,8);/i1+1,2+1;. The van der Waals surface area contributed by atoms with E-state index < -0.39 is 19.6 Å². The molecule has 0 aromatic carbocycles. The molecule has 8 heteroatoms. The normalized spacial score (nSPS) is 9.64. The third-order valence-electron chi connectivity index (χ3n) is 0.468. The molecule has 0 aromatic heterocycles. The van der Waals surface area contributed by atoms with E-state index in [1.807, 2.05) is 0 Å². The maximum atomic E-state index is 9.89. The minimum atomic E-state index is -4.76. The van der Waals surface area contributed by atoms with E-state index in [1.165, 1.54) is 0 Å². The molecule has 0 heterocycles. The van der Waals surface area contributed by atoms with Crippen LogP contribution in [-0.4, -0.2) is 72.2 Å². The average Bonchev–Trinajstić information content (AvgIpc) is 1.60. The van der Waals surface area contributed by atoms with E-state index in [9.17, 15) is 9.36 Å².